The van der Waals surface area contributed by atoms with Gasteiger partial charge in [-0.2, -0.15) is 0 Å². The first-order chi connectivity index (χ1) is 42.4. The molecule has 0 unspecified atom stereocenters. The SMILES string of the molecule is CCc1nc(-c2cccc(C)c2)c(-c2ccnc(NC(=O)c3ccccc3)c2)s1.CCc1nc(-c2cccc(C)c2)c(-c2ccnc(NC(=O)c3ccccc3)c2)s1.CCc1nc(-c2cccc(C)c2)c(-c2ccnc(NC(=O)c3ccccc3)c2)s1. The van der Waals surface area contributed by atoms with Crippen LogP contribution in [0.4, 0.5) is 17.5 Å². The summed E-state index contributed by atoms with van der Waals surface area (Å²) in [6, 6.07) is 64.2. The van der Waals surface area contributed by atoms with Crippen LogP contribution in [0.5, 0.6) is 0 Å². The standard InChI is InChI=1S/3C24H21N3OS/c3*1-3-21-27-22(18-11-7-8-16(2)14-18)23(29-21)19-12-13-25-20(15-19)26-24(28)17-9-5-4-6-10-17/h3*4-15H,3H2,1-2H3,(H,25,26,28). The van der Waals surface area contributed by atoms with E-state index < -0.39 is 0 Å². The van der Waals surface area contributed by atoms with E-state index in [-0.39, 0.29) is 17.7 Å². The molecule has 0 aliphatic rings. The fraction of sp³-hybridized carbons (Fsp3) is 0.125. The minimum atomic E-state index is -0.173. The van der Waals surface area contributed by atoms with Gasteiger partial charge in [-0.1, -0.05) is 147 Å². The number of nitrogens with zero attached hydrogens (tertiary/aromatic N) is 6. The lowest BCUT2D eigenvalue weighted by Gasteiger charge is -2.07. The number of carbonyl (C=O) groups excluding carboxylic acids is 3. The molecule has 0 atom stereocenters. The van der Waals surface area contributed by atoms with E-state index in [0.717, 1.165) is 99.4 Å². The van der Waals surface area contributed by atoms with E-state index in [0.29, 0.717) is 34.1 Å². The molecule has 87 heavy (non-hydrogen) atoms. The molecule has 12 nitrogen and oxygen atoms in total. The third-order valence-corrected chi connectivity index (χ3v) is 17.4. The second-order valence-electron chi connectivity index (χ2n) is 20.3. The smallest absolute Gasteiger partial charge is 0.256 e. The van der Waals surface area contributed by atoms with E-state index in [1.165, 1.54) is 16.7 Å². The topological polar surface area (TPSA) is 165 Å². The average molecular weight is 1200 g/mol. The molecule has 3 amide bonds. The van der Waals surface area contributed by atoms with Crippen LogP contribution in [0.15, 0.2) is 219 Å². The van der Waals surface area contributed by atoms with Gasteiger partial charge in [0.1, 0.15) is 17.5 Å². The molecule has 0 fully saturated rings. The van der Waals surface area contributed by atoms with Gasteiger partial charge in [0.05, 0.1) is 46.7 Å². The Balaban J connectivity index is 0.000000144. The Bertz CT molecular complexity index is 3890. The first-order valence-electron chi connectivity index (χ1n) is 28.6. The van der Waals surface area contributed by atoms with E-state index in [4.69, 9.17) is 15.0 Å². The quantitative estimate of drug-likeness (QED) is 0.0906. The molecule has 6 heterocycles. The highest BCUT2D eigenvalue weighted by Gasteiger charge is 2.20. The predicted molar refractivity (Wildman–Crippen MR) is 358 cm³/mol. The largest absolute Gasteiger partial charge is 0.307 e. The zero-order chi connectivity index (χ0) is 60.7. The summed E-state index contributed by atoms with van der Waals surface area (Å²) in [5.74, 6) is 1.06. The van der Waals surface area contributed by atoms with Crippen LogP contribution in [0.3, 0.4) is 0 Å². The summed E-state index contributed by atoms with van der Waals surface area (Å²) in [5.41, 5.74) is 14.6. The molecule has 0 bridgehead atoms. The lowest BCUT2D eigenvalue weighted by Crippen LogP contribution is -2.12. The molecular formula is C72H63N9O3S3. The number of pyridine rings is 3. The van der Waals surface area contributed by atoms with Crippen molar-refractivity contribution in [1.29, 1.82) is 0 Å². The maximum Gasteiger partial charge on any atom is 0.256 e. The van der Waals surface area contributed by atoms with Crippen LogP contribution in [-0.4, -0.2) is 47.6 Å². The average Bonchev–Trinajstić information content (AvgIpc) is 2.47. The molecule has 432 valence electrons. The summed E-state index contributed by atoms with van der Waals surface area (Å²) in [4.78, 5) is 68.3. The molecule has 6 aromatic heterocycles. The first kappa shape index (κ1) is 60.2. The minimum Gasteiger partial charge on any atom is -0.307 e. The Kier molecular flexibility index (Phi) is 19.9. The monoisotopic (exact) mass is 1200 g/mol. The number of aryl methyl sites for hydroxylation is 6. The third-order valence-electron chi connectivity index (χ3n) is 13.7. The van der Waals surface area contributed by atoms with Gasteiger partial charge in [-0.3, -0.25) is 14.4 Å². The van der Waals surface area contributed by atoms with Crippen molar-refractivity contribution in [3.8, 4) is 65.1 Å². The zero-order valence-corrected chi connectivity index (χ0v) is 51.5. The van der Waals surface area contributed by atoms with Gasteiger partial charge in [-0.15, -0.1) is 34.0 Å². The molecule has 15 heteroatoms. The van der Waals surface area contributed by atoms with Crippen molar-refractivity contribution in [2.24, 2.45) is 0 Å². The molecule has 12 rings (SSSR count). The maximum atomic E-state index is 12.5. The summed E-state index contributed by atoms with van der Waals surface area (Å²) in [5, 5.41) is 11.9. The number of hydrogen-bond acceptors (Lipinski definition) is 12. The second-order valence-corrected chi connectivity index (χ2v) is 23.5. The van der Waals surface area contributed by atoms with Crippen LogP contribution in [0, 0.1) is 20.8 Å². The van der Waals surface area contributed by atoms with Crippen molar-refractivity contribution in [1.82, 2.24) is 29.9 Å². The van der Waals surface area contributed by atoms with Gasteiger partial charge < -0.3 is 16.0 Å². The summed E-state index contributed by atoms with van der Waals surface area (Å²) in [7, 11) is 0. The van der Waals surface area contributed by atoms with Gasteiger partial charge in [0.25, 0.3) is 17.7 Å². The number of nitrogens with one attached hydrogen (secondary N) is 3. The lowest BCUT2D eigenvalue weighted by molar-refractivity contribution is 0.101. The molecular weight excluding hydrogens is 1140 g/mol. The molecule has 0 saturated carbocycles. The first-order valence-corrected chi connectivity index (χ1v) is 31.0. The second kappa shape index (κ2) is 28.8. The fourth-order valence-electron chi connectivity index (χ4n) is 9.35. The maximum absolute atomic E-state index is 12.5. The highest BCUT2D eigenvalue weighted by Crippen LogP contribution is 2.41. The molecule has 0 aliphatic heterocycles. The van der Waals surface area contributed by atoms with Gasteiger partial charge >= 0.3 is 0 Å². The third kappa shape index (κ3) is 15.5. The highest BCUT2D eigenvalue weighted by molar-refractivity contribution is 7.16. The number of benzene rings is 6. The van der Waals surface area contributed by atoms with Crippen LogP contribution in [0.25, 0.3) is 65.1 Å². The summed E-state index contributed by atoms with van der Waals surface area (Å²) in [6.07, 6.45) is 7.81. The van der Waals surface area contributed by atoms with Crippen molar-refractivity contribution in [3.05, 3.63) is 267 Å². The Labute approximate surface area is 519 Å². The van der Waals surface area contributed by atoms with Crippen LogP contribution in [-0.2, 0) is 19.3 Å². The van der Waals surface area contributed by atoms with Crippen LogP contribution in [0.1, 0.15) is 83.6 Å². The Hall–Kier alpha value is -9.93. The molecule has 0 radical (unpaired) electrons. The van der Waals surface area contributed by atoms with Crippen molar-refractivity contribution in [3.63, 3.8) is 0 Å². The van der Waals surface area contributed by atoms with E-state index in [1.54, 1.807) is 89.0 Å². The number of amides is 3. The van der Waals surface area contributed by atoms with Crippen molar-refractivity contribution in [2.75, 3.05) is 16.0 Å². The molecule has 0 aliphatic carbocycles. The number of anilines is 3. The highest BCUT2D eigenvalue weighted by atomic mass is 32.1. The summed E-state index contributed by atoms with van der Waals surface area (Å²) < 4.78 is 0. The van der Waals surface area contributed by atoms with Gasteiger partial charge in [0.2, 0.25) is 0 Å². The zero-order valence-electron chi connectivity index (χ0n) is 49.0. The molecule has 6 aromatic carbocycles. The van der Waals surface area contributed by atoms with E-state index in [9.17, 15) is 14.4 Å². The summed E-state index contributed by atoms with van der Waals surface area (Å²) >= 11 is 5.06. The van der Waals surface area contributed by atoms with Crippen LogP contribution < -0.4 is 16.0 Å². The summed E-state index contributed by atoms with van der Waals surface area (Å²) in [6.45, 7) is 12.6. The Morgan fingerprint density at radius 1 is 0.333 bits per heavy atom. The molecule has 0 saturated heterocycles. The van der Waals surface area contributed by atoms with Crippen LogP contribution in [0.2, 0.25) is 0 Å². The number of thiazole rings is 3. The van der Waals surface area contributed by atoms with E-state index in [1.807, 2.05) is 91.0 Å². The van der Waals surface area contributed by atoms with Crippen LogP contribution >= 0.6 is 34.0 Å². The predicted octanol–water partition coefficient (Wildman–Crippen LogP) is 18.0. The Morgan fingerprint density at radius 2 is 0.609 bits per heavy atom. The number of hydrogen-bond donors (Lipinski definition) is 3. The minimum absolute atomic E-state index is 0.173. The van der Waals surface area contributed by atoms with Gasteiger partial charge in [0, 0.05) is 52.0 Å². The van der Waals surface area contributed by atoms with Gasteiger partial charge in [-0.05, 0) is 148 Å². The lowest BCUT2D eigenvalue weighted by atomic mass is 10.1. The number of aromatic nitrogens is 6. The fourth-order valence-corrected chi connectivity index (χ4v) is 12.4. The van der Waals surface area contributed by atoms with Crippen molar-refractivity contribution in [2.45, 2.75) is 60.8 Å². The molecule has 3 N–H and O–H groups in total. The van der Waals surface area contributed by atoms with Crippen molar-refractivity contribution >= 4 is 69.2 Å². The Morgan fingerprint density at radius 3 is 0.862 bits per heavy atom. The molecule has 12 aromatic rings. The van der Waals surface area contributed by atoms with Gasteiger partial charge in [-0.25, -0.2) is 29.9 Å². The van der Waals surface area contributed by atoms with Crippen molar-refractivity contribution < 1.29 is 14.4 Å². The van der Waals surface area contributed by atoms with E-state index >= 15 is 0 Å². The van der Waals surface area contributed by atoms with E-state index in [2.05, 4.69) is 145 Å². The molecule has 0 spiro atoms. The normalized spacial score (nSPS) is 10.7. The number of rotatable bonds is 15. The van der Waals surface area contributed by atoms with Gasteiger partial charge in [0.15, 0.2) is 0 Å². The number of carbonyl (C=O) groups is 3.